The van der Waals surface area contributed by atoms with Gasteiger partial charge in [-0.05, 0) is 87.1 Å². The van der Waals surface area contributed by atoms with Gasteiger partial charge in [0.15, 0.2) is 0 Å². The number of carbonyl (C=O) groups is 2. The molecule has 8 nitrogen and oxygen atoms in total. The van der Waals surface area contributed by atoms with Crippen LogP contribution in [0.25, 0.3) is 11.1 Å². The van der Waals surface area contributed by atoms with Crippen molar-refractivity contribution in [2.45, 2.75) is 58.3 Å². The second kappa shape index (κ2) is 10.4. The molecule has 0 saturated heterocycles. The molecule has 2 fully saturated rings. The molecule has 0 bridgehead atoms. The monoisotopic (exact) mass is 544 g/mol. The molecular weight excluding hydrogens is 516 g/mol. The van der Waals surface area contributed by atoms with Gasteiger partial charge < -0.3 is 10.6 Å². The van der Waals surface area contributed by atoms with E-state index in [2.05, 4.69) is 25.7 Å². The third kappa shape index (κ3) is 6.26. The van der Waals surface area contributed by atoms with Gasteiger partial charge in [0.2, 0.25) is 11.9 Å². The number of nitrogens with one attached hydrogen (secondary N) is 2. The number of nitrogens with zero attached hydrogens (tertiary/aromatic N) is 4. The van der Waals surface area contributed by atoms with Gasteiger partial charge in [-0.3, -0.25) is 19.3 Å². The lowest BCUT2D eigenvalue weighted by Crippen LogP contribution is -2.50. The molecule has 0 aromatic carbocycles. The van der Waals surface area contributed by atoms with E-state index in [9.17, 15) is 22.8 Å². The molecule has 2 N–H and O–H groups in total. The number of hydrogen-bond acceptors (Lipinski definition) is 5. The van der Waals surface area contributed by atoms with E-state index in [1.54, 1.807) is 19.2 Å². The zero-order chi connectivity index (χ0) is 27.9. The Kier molecular flexibility index (Phi) is 7.13. The van der Waals surface area contributed by atoms with Crippen LogP contribution in [0, 0.1) is 37.5 Å². The summed E-state index contributed by atoms with van der Waals surface area (Å²) in [5.41, 5.74) is 2.00. The summed E-state index contributed by atoms with van der Waals surface area (Å²) < 4.78 is 54.5. The van der Waals surface area contributed by atoms with Gasteiger partial charge in [-0.2, -0.15) is 22.7 Å². The molecule has 2 amide bonds. The molecule has 2 aliphatic rings. The molecule has 0 unspecified atom stereocenters. The molecule has 3 aromatic heterocycles. The van der Waals surface area contributed by atoms with Crippen LogP contribution in [0.2, 0.25) is 0 Å². The summed E-state index contributed by atoms with van der Waals surface area (Å²) in [5.74, 6) is -2.00. The smallest absolute Gasteiger partial charge is 0.339 e. The number of amides is 2. The van der Waals surface area contributed by atoms with E-state index in [4.69, 9.17) is 0 Å². The minimum absolute atomic E-state index is 0.0359. The third-order valence-corrected chi connectivity index (χ3v) is 7.18. The maximum atomic E-state index is 15.0. The zero-order valence-electron chi connectivity index (χ0n) is 21.4. The van der Waals surface area contributed by atoms with Crippen LogP contribution >= 0.6 is 0 Å². The quantitative estimate of drug-likeness (QED) is 0.297. The Labute approximate surface area is 222 Å². The highest BCUT2D eigenvalue weighted by Gasteiger charge is 2.48. The van der Waals surface area contributed by atoms with Crippen molar-refractivity contribution in [2.75, 3.05) is 5.32 Å². The van der Waals surface area contributed by atoms with E-state index in [0.717, 1.165) is 37.4 Å². The normalized spacial score (nSPS) is 16.3. The zero-order valence-corrected chi connectivity index (χ0v) is 21.4. The van der Waals surface area contributed by atoms with Crippen LogP contribution < -0.4 is 10.6 Å². The second-order valence-electron chi connectivity index (χ2n) is 10.4. The number of alkyl halides is 3. The fraction of sp³-hybridized carbons (Fsp3) is 0.444. The Morgan fingerprint density at radius 3 is 2.38 bits per heavy atom. The van der Waals surface area contributed by atoms with Gasteiger partial charge in [-0.25, -0.2) is 4.98 Å². The number of hydrogen-bond donors (Lipinski definition) is 2. The van der Waals surface area contributed by atoms with Crippen LogP contribution in [0.5, 0.6) is 0 Å². The highest BCUT2D eigenvalue weighted by atomic mass is 19.4. The van der Waals surface area contributed by atoms with Gasteiger partial charge in [0, 0.05) is 29.2 Å². The van der Waals surface area contributed by atoms with Crippen LogP contribution in [0.4, 0.5) is 23.4 Å². The Morgan fingerprint density at radius 1 is 1.08 bits per heavy atom. The van der Waals surface area contributed by atoms with Crippen molar-refractivity contribution < 1.29 is 27.2 Å². The van der Waals surface area contributed by atoms with E-state index in [1.807, 2.05) is 6.92 Å². The fourth-order valence-electron chi connectivity index (χ4n) is 5.08. The molecule has 2 saturated carbocycles. The highest BCUT2D eigenvalue weighted by Crippen LogP contribution is 2.51. The number of halogens is 4. The molecule has 12 heteroatoms. The number of aromatic nitrogens is 4. The number of anilines is 1. The van der Waals surface area contributed by atoms with Crippen LogP contribution in [-0.4, -0.2) is 43.8 Å². The predicted molar refractivity (Wildman–Crippen MR) is 134 cm³/mol. The van der Waals surface area contributed by atoms with Gasteiger partial charge in [-0.15, -0.1) is 0 Å². The standard InChI is InChI=1S/C27H28F4N6O2/c1-14-11-19(15(2)32-12-14)18-7-8-21(34-24(18)28)35-26(39)23(22(16-3-4-16)17-5-6-17)36-25(38)20-9-10-33-37(20)13-27(29,30)31/h7-12,16-17,22-23H,3-6,13H2,1-2H3,(H,36,38)(H,34,35,39)/t23-/m0/s1. The van der Waals surface area contributed by atoms with Gasteiger partial charge in [0.1, 0.15) is 24.1 Å². The number of aryl methyl sites for hydroxylation is 2. The molecule has 206 valence electrons. The molecular formula is C27H28F4N6O2. The summed E-state index contributed by atoms with van der Waals surface area (Å²) >= 11 is 0. The largest absolute Gasteiger partial charge is 0.408 e. The molecule has 0 aliphatic heterocycles. The first kappa shape index (κ1) is 26.8. The minimum Gasteiger partial charge on any atom is -0.339 e. The van der Waals surface area contributed by atoms with Crippen molar-refractivity contribution in [1.82, 2.24) is 25.1 Å². The average molecular weight is 545 g/mol. The topological polar surface area (TPSA) is 102 Å². The highest BCUT2D eigenvalue weighted by molar-refractivity contribution is 6.00. The lowest BCUT2D eigenvalue weighted by atomic mass is 9.88. The molecule has 39 heavy (non-hydrogen) atoms. The molecule has 3 heterocycles. The Morgan fingerprint density at radius 2 is 1.77 bits per heavy atom. The summed E-state index contributed by atoms with van der Waals surface area (Å²) in [5, 5.41) is 8.89. The predicted octanol–water partition coefficient (Wildman–Crippen LogP) is 4.83. The van der Waals surface area contributed by atoms with Gasteiger partial charge in [-0.1, -0.05) is 0 Å². The van der Waals surface area contributed by atoms with Crippen molar-refractivity contribution in [1.29, 1.82) is 0 Å². The maximum Gasteiger partial charge on any atom is 0.408 e. The second-order valence-corrected chi connectivity index (χ2v) is 10.4. The molecule has 3 aromatic rings. The maximum absolute atomic E-state index is 15.0. The first-order chi connectivity index (χ1) is 18.5. The van der Waals surface area contributed by atoms with E-state index in [-0.39, 0.29) is 34.8 Å². The third-order valence-electron chi connectivity index (χ3n) is 7.18. The Hall–Kier alpha value is -3.83. The molecule has 5 rings (SSSR count). The van der Waals surface area contributed by atoms with E-state index >= 15 is 4.39 Å². The van der Waals surface area contributed by atoms with Crippen LogP contribution in [0.3, 0.4) is 0 Å². The molecule has 0 spiro atoms. The van der Waals surface area contributed by atoms with E-state index < -0.39 is 36.5 Å². The SMILES string of the molecule is Cc1cnc(C)c(-c2ccc(NC(=O)[C@@H](NC(=O)c3ccnn3CC(F)(F)F)C(C3CC3)C3CC3)nc2F)c1. The minimum atomic E-state index is -4.57. The number of pyridine rings is 2. The Balaban J connectivity index is 1.38. The first-order valence-corrected chi connectivity index (χ1v) is 12.8. The summed E-state index contributed by atoms with van der Waals surface area (Å²) in [4.78, 5) is 34.8. The number of carbonyl (C=O) groups excluding carboxylic acids is 2. The van der Waals surface area contributed by atoms with E-state index in [1.165, 1.54) is 18.2 Å². The molecule has 2 aliphatic carbocycles. The van der Waals surface area contributed by atoms with Gasteiger partial charge in [0.05, 0.1) is 0 Å². The number of rotatable bonds is 9. The lowest BCUT2D eigenvalue weighted by molar-refractivity contribution is -0.142. The van der Waals surface area contributed by atoms with Crippen LogP contribution in [0.15, 0.2) is 36.7 Å². The summed E-state index contributed by atoms with van der Waals surface area (Å²) in [6.07, 6.45) is 1.82. The van der Waals surface area contributed by atoms with Crippen LogP contribution in [0.1, 0.15) is 47.4 Å². The van der Waals surface area contributed by atoms with E-state index in [0.29, 0.717) is 15.9 Å². The lowest BCUT2D eigenvalue weighted by Gasteiger charge is -2.27. The van der Waals surface area contributed by atoms with Crippen molar-refractivity contribution in [3.05, 3.63) is 59.6 Å². The van der Waals surface area contributed by atoms with Crippen molar-refractivity contribution in [2.24, 2.45) is 17.8 Å². The molecule has 0 radical (unpaired) electrons. The van der Waals surface area contributed by atoms with Gasteiger partial charge >= 0.3 is 6.18 Å². The Bertz CT molecular complexity index is 1390. The first-order valence-electron chi connectivity index (χ1n) is 12.8. The summed E-state index contributed by atoms with van der Waals surface area (Å²) in [6, 6.07) is 4.92. The van der Waals surface area contributed by atoms with Crippen molar-refractivity contribution in [3.63, 3.8) is 0 Å². The van der Waals surface area contributed by atoms with Crippen molar-refractivity contribution >= 4 is 17.6 Å². The van der Waals surface area contributed by atoms with Crippen molar-refractivity contribution in [3.8, 4) is 11.1 Å². The summed E-state index contributed by atoms with van der Waals surface area (Å²) in [7, 11) is 0. The van der Waals surface area contributed by atoms with Crippen LogP contribution in [-0.2, 0) is 11.3 Å². The fourth-order valence-corrected chi connectivity index (χ4v) is 5.08. The van der Waals surface area contributed by atoms with Gasteiger partial charge in [0.25, 0.3) is 5.91 Å². The molecule has 1 atom stereocenters. The average Bonchev–Trinajstić information content (AvgIpc) is 3.79. The summed E-state index contributed by atoms with van der Waals surface area (Å²) in [6.45, 7) is 2.17.